The van der Waals surface area contributed by atoms with Crippen LogP contribution in [-0.2, 0) is 15.0 Å². The fourth-order valence-corrected chi connectivity index (χ4v) is 4.05. The van der Waals surface area contributed by atoms with Crippen molar-refractivity contribution in [1.29, 1.82) is 0 Å². The minimum absolute atomic E-state index is 0.127. The first-order chi connectivity index (χ1) is 14.2. The van der Waals surface area contributed by atoms with Crippen LogP contribution in [0.15, 0.2) is 39.8 Å². The standard InChI is InChI=1S/C22H30N4O3S/c1-16-13-19(24-29-16)23-20(27)14-25-9-11-26(12-10-25)21(28)15-30-18-7-5-17(6-8-18)22(2,3)4/h5-8,13H,9-12,14-15H2,1-4H3,(H,23,24,27). The largest absolute Gasteiger partial charge is 0.360 e. The van der Waals surface area contributed by atoms with Gasteiger partial charge in [-0.05, 0) is 30.0 Å². The number of nitrogens with zero attached hydrogens (tertiary/aromatic N) is 3. The Morgan fingerprint density at radius 1 is 1.13 bits per heavy atom. The topological polar surface area (TPSA) is 78.7 Å². The molecule has 7 nitrogen and oxygen atoms in total. The molecule has 1 aliphatic heterocycles. The lowest BCUT2D eigenvalue weighted by molar-refractivity contribution is -0.130. The number of aromatic nitrogens is 1. The number of thioether (sulfide) groups is 1. The number of hydrogen-bond donors (Lipinski definition) is 1. The van der Waals surface area contributed by atoms with Gasteiger partial charge in [-0.15, -0.1) is 11.8 Å². The van der Waals surface area contributed by atoms with Crippen molar-refractivity contribution in [3.8, 4) is 0 Å². The van der Waals surface area contributed by atoms with Crippen molar-refractivity contribution in [3.63, 3.8) is 0 Å². The Morgan fingerprint density at radius 2 is 1.80 bits per heavy atom. The minimum atomic E-state index is -0.127. The van der Waals surface area contributed by atoms with Gasteiger partial charge >= 0.3 is 0 Å². The number of aryl methyl sites for hydroxylation is 1. The van der Waals surface area contributed by atoms with Crippen LogP contribution >= 0.6 is 11.8 Å². The van der Waals surface area contributed by atoms with Gasteiger partial charge in [0.2, 0.25) is 11.8 Å². The molecule has 0 spiro atoms. The summed E-state index contributed by atoms with van der Waals surface area (Å²) in [5.41, 5.74) is 1.42. The van der Waals surface area contributed by atoms with E-state index in [2.05, 4.69) is 55.5 Å². The maximum atomic E-state index is 12.6. The van der Waals surface area contributed by atoms with Crippen LogP contribution in [0.1, 0.15) is 32.1 Å². The minimum Gasteiger partial charge on any atom is -0.360 e. The second-order valence-corrected chi connectivity index (χ2v) is 9.64. The molecule has 0 aliphatic carbocycles. The van der Waals surface area contributed by atoms with Gasteiger partial charge in [-0.2, -0.15) is 0 Å². The molecule has 8 heteroatoms. The molecule has 0 atom stereocenters. The average Bonchev–Trinajstić information content (AvgIpc) is 3.10. The van der Waals surface area contributed by atoms with E-state index in [1.807, 2.05) is 9.80 Å². The molecule has 1 aromatic heterocycles. The number of carbonyl (C=O) groups is 2. The van der Waals surface area contributed by atoms with E-state index in [-0.39, 0.29) is 23.8 Å². The van der Waals surface area contributed by atoms with Gasteiger partial charge in [0.05, 0.1) is 12.3 Å². The molecule has 1 aromatic carbocycles. The molecule has 1 saturated heterocycles. The molecule has 30 heavy (non-hydrogen) atoms. The second kappa shape index (κ2) is 9.66. The van der Waals surface area contributed by atoms with Crippen LogP contribution in [0.3, 0.4) is 0 Å². The SMILES string of the molecule is Cc1cc(NC(=O)CN2CCN(C(=O)CSc3ccc(C(C)(C)C)cc3)CC2)no1. The number of benzene rings is 1. The van der Waals surface area contributed by atoms with Crippen LogP contribution in [0.25, 0.3) is 0 Å². The van der Waals surface area contributed by atoms with Crippen molar-refractivity contribution in [1.82, 2.24) is 15.0 Å². The van der Waals surface area contributed by atoms with Gasteiger partial charge in [-0.1, -0.05) is 38.1 Å². The van der Waals surface area contributed by atoms with Crippen molar-refractivity contribution in [2.24, 2.45) is 0 Å². The Morgan fingerprint density at radius 3 is 2.37 bits per heavy atom. The summed E-state index contributed by atoms with van der Waals surface area (Å²) in [5, 5.41) is 6.49. The third kappa shape index (κ3) is 6.34. The Kier molecular flexibility index (Phi) is 7.20. The molecule has 0 bridgehead atoms. The lowest BCUT2D eigenvalue weighted by Crippen LogP contribution is -2.50. The maximum Gasteiger partial charge on any atom is 0.239 e. The third-order valence-electron chi connectivity index (χ3n) is 5.07. The predicted octanol–water partition coefficient (Wildman–Crippen LogP) is 3.16. The summed E-state index contributed by atoms with van der Waals surface area (Å²) in [4.78, 5) is 29.7. The summed E-state index contributed by atoms with van der Waals surface area (Å²) < 4.78 is 4.95. The van der Waals surface area contributed by atoms with E-state index in [9.17, 15) is 9.59 Å². The Labute approximate surface area is 182 Å². The second-order valence-electron chi connectivity index (χ2n) is 8.59. The third-order valence-corrected chi connectivity index (χ3v) is 6.07. The first kappa shape index (κ1) is 22.4. The predicted molar refractivity (Wildman–Crippen MR) is 119 cm³/mol. The van der Waals surface area contributed by atoms with Gasteiger partial charge < -0.3 is 14.7 Å². The number of amides is 2. The summed E-state index contributed by atoms with van der Waals surface area (Å²) in [6.45, 7) is 11.3. The zero-order valence-corrected chi connectivity index (χ0v) is 18.9. The molecule has 2 amide bonds. The molecule has 2 aromatic rings. The number of hydrogen-bond acceptors (Lipinski definition) is 6. The van der Waals surface area contributed by atoms with Crippen molar-refractivity contribution in [2.75, 3.05) is 43.8 Å². The number of rotatable bonds is 6. The van der Waals surface area contributed by atoms with E-state index in [0.29, 0.717) is 43.5 Å². The Hall–Kier alpha value is -2.32. The molecular formula is C22H30N4O3S. The van der Waals surface area contributed by atoms with Crippen LogP contribution in [0.4, 0.5) is 5.82 Å². The van der Waals surface area contributed by atoms with E-state index < -0.39 is 0 Å². The highest BCUT2D eigenvalue weighted by Gasteiger charge is 2.23. The fraction of sp³-hybridized carbons (Fsp3) is 0.500. The zero-order chi connectivity index (χ0) is 21.7. The molecule has 1 fully saturated rings. The van der Waals surface area contributed by atoms with Crippen molar-refractivity contribution >= 4 is 29.4 Å². The quantitative estimate of drug-likeness (QED) is 0.710. The highest BCUT2D eigenvalue weighted by atomic mass is 32.2. The molecule has 1 N–H and O–H groups in total. The van der Waals surface area contributed by atoms with E-state index >= 15 is 0 Å². The van der Waals surface area contributed by atoms with E-state index in [4.69, 9.17) is 4.52 Å². The number of nitrogens with one attached hydrogen (secondary N) is 1. The van der Waals surface area contributed by atoms with Gasteiger partial charge in [0, 0.05) is 37.1 Å². The molecule has 162 valence electrons. The van der Waals surface area contributed by atoms with Crippen LogP contribution in [0, 0.1) is 6.92 Å². The normalized spacial score (nSPS) is 15.3. The monoisotopic (exact) mass is 430 g/mol. The molecular weight excluding hydrogens is 400 g/mol. The van der Waals surface area contributed by atoms with Gasteiger partial charge in [-0.3, -0.25) is 14.5 Å². The molecule has 0 saturated carbocycles. The fourth-order valence-electron chi connectivity index (χ4n) is 3.25. The first-order valence-electron chi connectivity index (χ1n) is 10.2. The smallest absolute Gasteiger partial charge is 0.239 e. The van der Waals surface area contributed by atoms with Crippen molar-refractivity contribution in [2.45, 2.75) is 38.0 Å². The van der Waals surface area contributed by atoms with Crippen LogP contribution in [0.2, 0.25) is 0 Å². The van der Waals surface area contributed by atoms with Gasteiger partial charge in [0.1, 0.15) is 5.76 Å². The molecule has 1 aliphatic rings. The zero-order valence-electron chi connectivity index (χ0n) is 18.1. The van der Waals surface area contributed by atoms with Crippen LogP contribution in [-0.4, -0.2) is 65.2 Å². The van der Waals surface area contributed by atoms with Crippen LogP contribution < -0.4 is 5.32 Å². The van der Waals surface area contributed by atoms with Gasteiger partial charge in [-0.25, -0.2) is 0 Å². The highest BCUT2D eigenvalue weighted by Crippen LogP contribution is 2.25. The Bertz CT molecular complexity index is 865. The first-order valence-corrected chi connectivity index (χ1v) is 11.2. The lowest BCUT2D eigenvalue weighted by atomic mass is 9.87. The van der Waals surface area contributed by atoms with E-state index in [1.165, 1.54) is 5.56 Å². The lowest BCUT2D eigenvalue weighted by Gasteiger charge is -2.34. The highest BCUT2D eigenvalue weighted by molar-refractivity contribution is 8.00. The van der Waals surface area contributed by atoms with E-state index in [1.54, 1.807) is 24.8 Å². The number of piperazine rings is 1. The van der Waals surface area contributed by atoms with Gasteiger partial charge in [0.25, 0.3) is 0 Å². The average molecular weight is 431 g/mol. The molecule has 2 heterocycles. The number of carbonyl (C=O) groups excluding carboxylic acids is 2. The molecule has 3 rings (SSSR count). The summed E-state index contributed by atoms with van der Waals surface area (Å²) in [6.07, 6.45) is 0. The van der Waals surface area contributed by atoms with E-state index in [0.717, 1.165) is 4.90 Å². The summed E-state index contributed by atoms with van der Waals surface area (Å²) in [7, 11) is 0. The summed E-state index contributed by atoms with van der Waals surface area (Å²) in [6, 6.07) is 10.1. The summed E-state index contributed by atoms with van der Waals surface area (Å²) in [5.74, 6) is 1.53. The van der Waals surface area contributed by atoms with Crippen LogP contribution in [0.5, 0.6) is 0 Å². The Balaban J connectivity index is 1.39. The van der Waals surface area contributed by atoms with Crippen molar-refractivity contribution in [3.05, 3.63) is 41.7 Å². The number of anilines is 1. The molecule has 0 radical (unpaired) electrons. The van der Waals surface area contributed by atoms with Crippen molar-refractivity contribution < 1.29 is 14.1 Å². The van der Waals surface area contributed by atoms with Gasteiger partial charge in [0.15, 0.2) is 5.82 Å². The summed E-state index contributed by atoms with van der Waals surface area (Å²) >= 11 is 1.57. The maximum absolute atomic E-state index is 12.6. The molecule has 0 unspecified atom stereocenters.